The van der Waals surface area contributed by atoms with E-state index in [2.05, 4.69) is 5.32 Å². The van der Waals surface area contributed by atoms with Gasteiger partial charge in [0.05, 0.1) is 4.92 Å². The summed E-state index contributed by atoms with van der Waals surface area (Å²) in [5, 5.41) is 23.6. The summed E-state index contributed by atoms with van der Waals surface area (Å²) in [5.41, 5.74) is 0.622. The van der Waals surface area contributed by atoms with Gasteiger partial charge in [-0.2, -0.15) is 0 Å². The Balaban J connectivity index is 1.81. The molecule has 1 unspecified atom stereocenters. The van der Waals surface area contributed by atoms with Gasteiger partial charge in [-0.25, -0.2) is 0 Å². The zero-order valence-electron chi connectivity index (χ0n) is 10.8. The fourth-order valence-electron chi connectivity index (χ4n) is 1.76. The molecular weight excluding hydrogens is 248 g/mol. The standard InChI is InChI=1S/C13H18N2O4/c1-9-6-12(4-5-13(9)15(17)18)19-8-11(16)7-14-10-2-3-10/h4-6,10-11,14,16H,2-3,7-8H2,1H3. The number of aliphatic hydroxyl groups is 1. The molecule has 104 valence electrons. The van der Waals surface area contributed by atoms with Gasteiger partial charge in [-0.1, -0.05) is 0 Å². The largest absolute Gasteiger partial charge is 0.491 e. The Kier molecular flexibility index (Phi) is 4.34. The lowest BCUT2D eigenvalue weighted by atomic mass is 10.2. The molecule has 0 bridgehead atoms. The Morgan fingerprint density at radius 3 is 2.89 bits per heavy atom. The second-order valence-electron chi connectivity index (χ2n) is 4.85. The molecule has 0 aliphatic heterocycles. The monoisotopic (exact) mass is 266 g/mol. The summed E-state index contributed by atoms with van der Waals surface area (Å²) < 4.78 is 5.42. The highest BCUT2D eigenvalue weighted by atomic mass is 16.6. The van der Waals surface area contributed by atoms with Crippen LogP contribution in [-0.4, -0.2) is 35.3 Å². The van der Waals surface area contributed by atoms with Gasteiger partial charge in [0.15, 0.2) is 0 Å². The van der Waals surface area contributed by atoms with Gasteiger partial charge in [-0.3, -0.25) is 10.1 Å². The van der Waals surface area contributed by atoms with Crippen LogP contribution in [0.5, 0.6) is 5.75 Å². The fraction of sp³-hybridized carbons (Fsp3) is 0.538. The molecule has 2 rings (SSSR count). The molecule has 0 spiro atoms. The smallest absolute Gasteiger partial charge is 0.272 e. The van der Waals surface area contributed by atoms with E-state index >= 15 is 0 Å². The SMILES string of the molecule is Cc1cc(OCC(O)CNC2CC2)ccc1[N+](=O)[O-]. The quantitative estimate of drug-likeness (QED) is 0.575. The molecular formula is C13H18N2O4. The van der Waals surface area contributed by atoms with Crippen LogP contribution >= 0.6 is 0 Å². The van der Waals surface area contributed by atoms with Crippen LogP contribution in [0.2, 0.25) is 0 Å². The third-order valence-electron chi connectivity index (χ3n) is 3.03. The molecule has 0 heterocycles. The second-order valence-corrected chi connectivity index (χ2v) is 4.85. The lowest BCUT2D eigenvalue weighted by molar-refractivity contribution is -0.385. The maximum absolute atomic E-state index is 10.7. The molecule has 0 amide bonds. The summed E-state index contributed by atoms with van der Waals surface area (Å²) in [6, 6.07) is 5.13. The van der Waals surface area contributed by atoms with Crippen molar-refractivity contribution in [1.82, 2.24) is 5.32 Å². The molecule has 1 aromatic rings. The zero-order chi connectivity index (χ0) is 13.8. The van der Waals surface area contributed by atoms with E-state index in [4.69, 9.17) is 4.74 Å². The Bertz CT molecular complexity index is 460. The number of rotatable bonds is 7. The topological polar surface area (TPSA) is 84.6 Å². The van der Waals surface area contributed by atoms with Gasteiger partial charge < -0.3 is 15.2 Å². The molecule has 2 N–H and O–H groups in total. The summed E-state index contributed by atoms with van der Waals surface area (Å²) in [7, 11) is 0. The number of aliphatic hydroxyl groups excluding tert-OH is 1. The normalized spacial score (nSPS) is 16.1. The number of hydrogen-bond acceptors (Lipinski definition) is 5. The first-order valence-corrected chi connectivity index (χ1v) is 6.35. The molecule has 0 aromatic heterocycles. The van der Waals surface area contributed by atoms with Gasteiger partial charge in [0.25, 0.3) is 5.69 Å². The Morgan fingerprint density at radius 2 is 2.32 bits per heavy atom. The predicted molar refractivity (Wildman–Crippen MR) is 70.4 cm³/mol. The van der Waals surface area contributed by atoms with E-state index in [0.29, 0.717) is 23.9 Å². The average molecular weight is 266 g/mol. The number of nitrogens with one attached hydrogen (secondary N) is 1. The van der Waals surface area contributed by atoms with E-state index in [1.165, 1.54) is 18.9 Å². The minimum Gasteiger partial charge on any atom is -0.491 e. The van der Waals surface area contributed by atoms with E-state index in [1.807, 2.05) is 0 Å². The highest BCUT2D eigenvalue weighted by Crippen LogP contribution is 2.23. The van der Waals surface area contributed by atoms with Crippen molar-refractivity contribution in [3.63, 3.8) is 0 Å². The second kappa shape index (κ2) is 5.99. The number of aryl methyl sites for hydroxylation is 1. The van der Waals surface area contributed by atoms with Crippen LogP contribution in [0.25, 0.3) is 0 Å². The molecule has 0 radical (unpaired) electrons. The molecule has 19 heavy (non-hydrogen) atoms. The summed E-state index contributed by atoms with van der Waals surface area (Å²) in [6.07, 6.45) is 1.78. The molecule has 1 aliphatic rings. The molecule has 0 saturated heterocycles. The Morgan fingerprint density at radius 1 is 1.58 bits per heavy atom. The highest BCUT2D eigenvalue weighted by molar-refractivity contribution is 5.44. The van der Waals surface area contributed by atoms with E-state index in [-0.39, 0.29) is 12.3 Å². The number of nitro benzene ring substituents is 1. The van der Waals surface area contributed by atoms with Crippen molar-refractivity contribution in [2.24, 2.45) is 0 Å². The maximum atomic E-state index is 10.7. The average Bonchev–Trinajstić information content (AvgIpc) is 3.17. The van der Waals surface area contributed by atoms with Crippen LogP contribution in [0.1, 0.15) is 18.4 Å². The molecule has 1 aromatic carbocycles. The molecule has 1 saturated carbocycles. The first-order valence-electron chi connectivity index (χ1n) is 6.35. The van der Waals surface area contributed by atoms with Gasteiger partial charge >= 0.3 is 0 Å². The van der Waals surface area contributed by atoms with Crippen molar-refractivity contribution in [3.05, 3.63) is 33.9 Å². The van der Waals surface area contributed by atoms with E-state index in [0.717, 1.165) is 0 Å². The van der Waals surface area contributed by atoms with E-state index in [1.54, 1.807) is 19.1 Å². The third kappa shape index (κ3) is 4.18. The van der Waals surface area contributed by atoms with Gasteiger partial charge in [0, 0.05) is 24.2 Å². The maximum Gasteiger partial charge on any atom is 0.272 e. The van der Waals surface area contributed by atoms with Gasteiger partial charge in [0.2, 0.25) is 0 Å². The minimum absolute atomic E-state index is 0.0725. The van der Waals surface area contributed by atoms with Gasteiger partial charge in [-0.05, 0) is 31.9 Å². The highest BCUT2D eigenvalue weighted by Gasteiger charge is 2.21. The van der Waals surface area contributed by atoms with Crippen molar-refractivity contribution in [2.45, 2.75) is 31.9 Å². The van der Waals surface area contributed by atoms with Crippen molar-refractivity contribution < 1.29 is 14.8 Å². The number of nitrogens with zero attached hydrogens (tertiary/aromatic N) is 1. The lowest BCUT2D eigenvalue weighted by Crippen LogP contribution is -2.32. The zero-order valence-corrected chi connectivity index (χ0v) is 10.8. The lowest BCUT2D eigenvalue weighted by Gasteiger charge is -2.13. The van der Waals surface area contributed by atoms with E-state index < -0.39 is 11.0 Å². The number of hydrogen-bond donors (Lipinski definition) is 2. The summed E-state index contributed by atoms with van der Waals surface area (Å²) in [4.78, 5) is 10.2. The molecule has 6 nitrogen and oxygen atoms in total. The van der Waals surface area contributed by atoms with Crippen LogP contribution < -0.4 is 10.1 Å². The summed E-state index contributed by atoms with van der Waals surface area (Å²) in [6.45, 7) is 2.35. The van der Waals surface area contributed by atoms with Crippen molar-refractivity contribution in [2.75, 3.05) is 13.2 Å². The number of nitro groups is 1. The first-order chi connectivity index (χ1) is 9.06. The Labute approximate surface area is 111 Å². The van der Waals surface area contributed by atoms with Crippen molar-refractivity contribution >= 4 is 5.69 Å². The van der Waals surface area contributed by atoms with Crippen molar-refractivity contribution in [1.29, 1.82) is 0 Å². The van der Waals surface area contributed by atoms with Crippen LogP contribution in [0.3, 0.4) is 0 Å². The molecule has 1 aliphatic carbocycles. The molecule has 1 atom stereocenters. The Hall–Kier alpha value is -1.66. The minimum atomic E-state index is -0.573. The number of ether oxygens (including phenoxy) is 1. The molecule has 1 fully saturated rings. The van der Waals surface area contributed by atoms with Crippen LogP contribution in [-0.2, 0) is 0 Å². The summed E-state index contributed by atoms with van der Waals surface area (Å²) >= 11 is 0. The van der Waals surface area contributed by atoms with Crippen molar-refractivity contribution in [3.8, 4) is 5.75 Å². The molecule has 6 heteroatoms. The predicted octanol–water partition coefficient (Wildman–Crippen LogP) is 1.39. The van der Waals surface area contributed by atoms with Gasteiger partial charge in [0.1, 0.15) is 18.5 Å². The number of benzene rings is 1. The van der Waals surface area contributed by atoms with E-state index in [9.17, 15) is 15.2 Å². The van der Waals surface area contributed by atoms with Crippen LogP contribution in [0, 0.1) is 17.0 Å². The third-order valence-corrected chi connectivity index (χ3v) is 3.03. The first kappa shape index (κ1) is 13.8. The van der Waals surface area contributed by atoms with Crippen LogP contribution in [0.15, 0.2) is 18.2 Å². The fourth-order valence-corrected chi connectivity index (χ4v) is 1.76. The van der Waals surface area contributed by atoms with Gasteiger partial charge in [-0.15, -0.1) is 0 Å². The summed E-state index contributed by atoms with van der Waals surface area (Å²) in [5.74, 6) is 0.536. The van der Waals surface area contributed by atoms with Crippen LogP contribution in [0.4, 0.5) is 5.69 Å².